The van der Waals surface area contributed by atoms with E-state index in [0.717, 1.165) is 0 Å². The van der Waals surface area contributed by atoms with Gasteiger partial charge in [0.2, 0.25) is 5.88 Å². The van der Waals surface area contributed by atoms with Crippen molar-refractivity contribution in [1.82, 2.24) is 15.0 Å². The molecule has 0 bridgehead atoms. The first-order chi connectivity index (χ1) is 8.69. The quantitative estimate of drug-likeness (QED) is 0.914. The van der Waals surface area contributed by atoms with Crippen LogP contribution in [0, 0.1) is 0 Å². The fourth-order valence-corrected chi connectivity index (χ4v) is 1.39. The molecule has 18 heavy (non-hydrogen) atoms. The molecule has 0 radical (unpaired) electrons. The third-order valence-corrected chi connectivity index (χ3v) is 2.28. The van der Waals surface area contributed by atoms with Crippen LogP contribution in [0.25, 0.3) is 0 Å². The third-order valence-electron chi connectivity index (χ3n) is 2.05. The predicted molar refractivity (Wildman–Crippen MR) is 65.8 cm³/mol. The normalized spacial score (nSPS) is 9.89. The Balaban J connectivity index is 2.16. The molecule has 0 aromatic carbocycles. The van der Waals surface area contributed by atoms with E-state index in [9.17, 15) is 4.79 Å². The number of methoxy groups -OCH3 is 1. The minimum absolute atomic E-state index is 0.208. The number of amides is 1. The van der Waals surface area contributed by atoms with Crippen molar-refractivity contribution < 1.29 is 9.53 Å². The number of hydrogen-bond donors (Lipinski definition) is 1. The Kier molecular flexibility index (Phi) is 3.69. The van der Waals surface area contributed by atoms with Gasteiger partial charge in [-0.3, -0.25) is 9.78 Å². The lowest BCUT2D eigenvalue weighted by Gasteiger charge is -2.04. The Bertz CT molecular complexity index is 576. The number of anilines is 1. The van der Waals surface area contributed by atoms with Crippen molar-refractivity contribution >= 4 is 23.3 Å². The van der Waals surface area contributed by atoms with Crippen molar-refractivity contribution in [3.63, 3.8) is 0 Å². The lowest BCUT2D eigenvalue weighted by molar-refractivity contribution is 0.102. The second kappa shape index (κ2) is 5.42. The van der Waals surface area contributed by atoms with Gasteiger partial charge in [0.05, 0.1) is 7.11 Å². The molecule has 0 fully saturated rings. The highest BCUT2D eigenvalue weighted by atomic mass is 35.5. The largest absolute Gasteiger partial charge is 0.481 e. The van der Waals surface area contributed by atoms with Gasteiger partial charge in [0.25, 0.3) is 5.91 Å². The van der Waals surface area contributed by atoms with Crippen LogP contribution in [-0.2, 0) is 0 Å². The minimum Gasteiger partial charge on any atom is -0.481 e. The van der Waals surface area contributed by atoms with E-state index in [4.69, 9.17) is 16.3 Å². The minimum atomic E-state index is -0.404. The number of aromatic nitrogens is 3. The van der Waals surface area contributed by atoms with Crippen molar-refractivity contribution in [2.75, 3.05) is 12.4 Å². The van der Waals surface area contributed by atoms with Crippen LogP contribution >= 0.6 is 11.6 Å². The maximum absolute atomic E-state index is 11.8. The van der Waals surface area contributed by atoms with Crippen molar-refractivity contribution in [3.8, 4) is 5.88 Å². The number of ether oxygens (including phenoxy) is 1. The van der Waals surface area contributed by atoms with E-state index in [2.05, 4.69) is 20.3 Å². The van der Waals surface area contributed by atoms with Gasteiger partial charge < -0.3 is 10.1 Å². The van der Waals surface area contributed by atoms with Crippen molar-refractivity contribution in [2.24, 2.45) is 0 Å². The van der Waals surface area contributed by atoms with E-state index in [1.54, 1.807) is 6.07 Å². The highest BCUT2D eigenvalue weighted by Gasteiger charge is 2.09. The second-order valence-corrected chi connectivity index (χ2v) is 3.70. The molecule has 2 heterocycles. The van der Waals surface area contributed by atoms with E-state index in [0.29, 0.717) is 16.7 Å². The van der Waals surface area contributed by atoms with Gasteiger partial charge in [-0.25, -0.2) is 9.97 Å². The lowest BCUT2D eigenvalue weighted by atomic mass is 10.3. The van der Waals surface area contributed by atoms with E-state index >= 15 is 0 Å². The monoisotopic (exact) mass is 264 g/mol. The summed E-state index contributed by atoms with van der Waals surface area (Å²) in [6, 6.07) is 4.56. The van der Waals surface area contributed by atoms with Gasteiger partial charge in [0.1, 0.15) is 17.8 Å². The van der Waals surface area contributed by atoms with Crippen LogP contribution < -0.4 is 10.1 Å². The average molecular weight is 265 g/mol. The van der Waals surface area contributed by atoms with Crippen LogP contribution in [-0.4, -0.2) is 28.0 Å². The smallest absolute Gasteiger partial charge is 0.275 e. The van der Waals surface area contributed by atoms with E-state index in [1.165, 1.54) is 31.8 Å². The maximum Gasteiger partial charge on any atom is 0.275 e. The first kappa shape index (κ1) is 12.3. The molecule has 0 unspecified atom stereocenters. The van der Waals surface area contributed by atoms with Crippen molar-refractivity contribution in [3.05, 3.63) is 41.4 Å². The van der Waals surface area contributed by atoms with Crippen LogP contribution in [0.3, 0.4) is 0 Å². The fourth-order valence-electron chi connectivity index (χ4n) is 1.23. The predicted octanol–water partition coefficient (Wildman–Crippen LogP) is 1.79. The van der Waals surface area contributed by atoms with Crippen LogP contribution in [0.5, 0.6) is 5.88 Å². The van der Waals surface area contributed by atoms with Crippen molar-refractivity contribution in [2.45, 2.75) is 0 Å². The molecule has 0 spiro atoms. The molecule has 0 aliphatic heterocycles. The molecule has 2 aromatic rings. The number of nitrogens with zero attached hydrogens (tertiary/aromatic N) is 3. The highest BCUT2D eigenvalue weighted by Crippen LogP contribution is 2.12. The van der Waals surface area contributed by atoms with E-state index in [1.807, 2.05) is 0 Å². The third kappa shape index (κ3) is 2.92. The SMILES string of the molecule is COc1cc(NC(=O)c2cc(Cl)ccn2)ncn1. The van der Waals surface area contributed by atoms with Gasteiger partial charge in [-0.1, -0.05) is 11.6 Å². The van der Waals surface area contributed by atoms with Gasteiger partial charge >= 0.3 is 0 Å². The summed E-state index contributed by atoms with van der Waals surface area (Å²) >= 11 is 5.77. The Morgan fingerprint density at radius 2 is 2.17 bits per heavy atom. The maximum atomic E-state index is 11.8. The molecule has 0 saturated carbocycles. The van der Waals surface area contributed by atoms with Crippen LogP contribution in [0.2, 0.25) is 5.02 Å². The zero-order valence-corrected chi connectivity index (χ0v) is 10.2. The summed E-state index contributed by atoms with van der Waals surface area (Å²) in [5.41, 5.74) is 0.208. The molecule has 7 heteroatoms. The molecule has 1 amide bonds. The number of carbonyl (C=O) groups is 1. The molecule has 0 aliphatic carbocycles. The van der Waals surface area contributed by atoms with Gasteiger partial charge in [0, 0.05) is 17.3 Å². The van der Waals surface area contributed by atoms with Gasteiger partial charge in [0.15, 0.2) is 0 Å². The number of carbonyl (C=O) groups excluding carboxylic acids is 1. The molecule has 6 nitrogen and oxygen atoms in total. The first-order valence-electron chi connectivity index (χ1n) is 4.98. The van der Waals surface area contributed by atoms with Crippen LogP contribution in [0.4, 0.5) is 5.82 Å². The Morgan fingerprint density at radius 3 is 2.89 bits per heavy atom. The molecule has 0 atom stereocenters. The fraction of sp³-hybridized carbons (Fsp3) is 0.0909. The molecule has 2 rings (SSSR count). The Labute approximate surface area is 108 Å². The molecule has 1 N–H and O–H groups in total. The zero-order valence-electron chi connectivity index (χ0n) is 9.42. The van der Waals surface area contributed by atoms with E-state index in [-0.39, 0.29) is 5.69 Å². The summed E-state index contributed by atoms with van der Waals surface area (Å²) in [7, 11) is 1.48. The summed E-state index contributed by atoms with van der Waals surface area (Å²) in [4.78, 5) is 23.5. The Hall–Kier alpha value is -2.21. The number of halogens is 1. The standard InChI is InChI=1S/C11H9ClN4O2/c1-18-10-5-9(14-6-15-10)16-11(17)8-4-7(12)2-3-13-8/h2-6H,1H3,(H,14,15,16,17). The second-order valence-electron chi connectivity index (χ2n) is 3.26. The molecule has 0 saturated heterocycles. The summed E-state index contributed by atoms with van der Waals surface area (Å²) in [5, 5.41) is 3.01. The average Bonchev–Trinajstić information content (AvgIpc) is 2.39. The summed E-state index contributed by atoms with van der Waals surface area (Å²) < 4.78 is 4.92. The highest BCUT2D eigenvalue weighted by molar-refractivity contribution is 6.30. The first-order valence-corrected chi connectivity index (χ1v) is 5.36. The molecule has 0 aliphatic rings. The van der Waals surface area contributed by atoms with Crippen molar-refractivity contribution in [1.29, 1.82) is 0 Å². The lowest BCUT2D eigenvalue weighted by Crippen LogP contribution is -2.14. The van der Waals surface area contributed by atoms with Gasteiger partial charge in [-0.15, -0.1) is 0 Å². The topological polar surface area (TPSA) is 77.0 Å². The molecular formula is C11H9ClN4O2. The number of pyridine rings is 1. The van der Waals surface area contributed by atoms with Crippen LogP contribution in [0.15, 0.2) is 30.7 Å². The number of nitrogens with one attached hydrogen (secondary N) is 1. The Morgan fingerprint density at radius 1 is 1.33 bits per heavy atom. The van der Waals surface area contributed by atoms with E-state index < -0.39 is 5.91 Å². The summed E-state index contributed by atoms with van der Waals surface area (Å²) in [5.74, 6) is 0.284. The number of hydrogen-bond acceptors (Lipinski definition) is 5. The molecular weight excluding hydrogens is 256 g/mol. The zero-order chi connectivity index (χ0) is 13.0. The molecule has 2 aromatic heterocycles. The van der Waals surface area contributed by atoms with Crippen LogP contribution in [0.1, 0.15) is 10.5 Å². The summed E-state index contributed by atoms with van der Waals surface area (Å²) in [6.07, 6.45) is 2.75. The molecule has 92 valence electrons. The van der Waals surface area contributed by atoms with Gasteiger partial charge in [-0.2, -0.15) is 0 Å². The number of rotatable bonds is 3. The van der Waals surface area contributed by atoms with Gasteiger partial charge in [-0.05, 0) is 12.1 Å². The summed E-state index contributed by atoms with van der Waals surface area (Å²) in [6.45, 7) is 0.